The summed E-state index contributed by atoms with van der Waals surface area (Å²) in [6.45, 7) is 0. The Balaban J connectivity index is 2.68. The highest BCUT2D eigenvalue weighted by Gasteiger charge is 1.96. The Hall–Kier alpha value is -2.35. The number of rotatable bonds is 4. The normalized spacial score (nSPS) is 12.2. The molecule has 0 amide bonds. The number of pyridine rings is 1. The molecular weight excluding hydrogens is 202 g/mol. The molecule has 0 fully saturated rings. The molecular formula is C11H13N5. The molecule has 0 spiro atoms. The van der Waals surface area contributed by atoms with Crippen LogP contribution in [0.2, 0.25) is 0 Å². The molecule has 0 aliphatic carbocycles. The van der Waals surface area contributed by atoms with E-state index in [1.807, 2.05) is 0 Å². The van der Waals surface area contributed by atoms with Gasteiger partial charge in [-0.2, -0.15) is 0 Å². The van der Waals surface area contributed by atoms with E-state index >= 15 is 0 Å². The Bertz CT molecular complexity index is 427. The first kappa shape index (κ1) is 11.7. The summed E-state index contributed by atoms with van der Waals surface area (Å²) in [7, 11) is 0. The Labute approximate surface area is 94.3 Å². The molecule has 0 aliphatic rings. The minimum Gasteiger partial charge on any atom is -0.386 e. The van der Waals surface area contributed by atoms with Crippen LogP contribution in [0.25, 0.3) is 0 Å². The van der Waals surface area contributed by atoms with Gasteiger partial charge in [-0.3, -0.25) is 4.98 Å². The van der Waals surface area contributed by atoms with Crippen molar-refractivity contribution in [2.45, 2.75) is 12.8 Å². The van der Waals surface area contributed by atoms with E-state index in [0.29, 0.717) is 24.5 Å². The van der Waals surface area contributed by atoms with Crippen molar-refractivity contribution in [2.24, 2.45) is 21.7 Å². The zero-order valence-corrected chi connectivity index (χ0v) is 8.80. The van der Waals surface area contributed by atoms with E-state index in [1.165, 1.54) is 0 Å². The first-order valence-corrected chi connectivity index (χ1v) is 4.73. The molecule has 1 aromatic rings. The molecule has 0 aliphatic heterocycles. The highest BCUT2D eigenvalue weighted by molar-refractivity contribution is 5.97. The molecule has 0 radical (unpaired) electrons. The van der Waals surface area contributed by atoms with Gasteiger partial charge in [-0.1, -0.05) is 0 Å². The van der Waals surface area contributed by atoms with Crippen LogP contribution in [0.5, 0.6) is 0 Å². The third kappa shape index (κ3) is 3.80. The highest BCUT2D eigenvalue weighted by atomic mass is 15.3. The number of amidine groups is 2. The van der Waals surface area contributed by atoms with Crippen LogP contribution in [0.1, 0.15) is 18.4 Å². The summed E-state index contributed by atoms with van der Waals surface area (Å²) < 4.78 is 0. The Morgan fingerprint density at radius 3 is 2.62 bits per heavy atom. The quantitative estimate of drug-likeness (QED) is 0.331. The van der Waals surface area contributed by atoms with Gasteiger partial charge in [-0.25, -0.2) is 0 Å². The molecule has 5 heteroatoms. The van der Waals surface area contributed by atoms with Crippen molar-refractivity contribution in [3.8, 4) is 12.3 Å². The predicted molar refractivity (Wildman–Crippen MR) is 64.7 cm³/mol. The number of terminal acetylenes is 1. The maximum atomic E-state index is 5.69. The molecule has 0 saturated carbocycles. The van der Waals surface area contributed by atoms with Crippen LogP contribution in [0.3, 0.4) is 0 Å². The molecule has 0 unspecified atom stereocenters. The van der Waals surface area contributed by atoms with Gasteiger partial charge in [-0.05, 0) is 12.1 Å². The monoisotopic (exact) mass is 215 g/mol. The fraction of sp³-hybridized carbons (Fsp3) is 0.182. The lowest BCUT2D eigenvalue weighted by atomic mass is 10.2. The van der Waals surface area contributed by atoms with Crippen LogP contribution >= 0.6 is 0 Å². The molecule has 5 nitrogen and oxygen atoms in total. The number of hydrogen-bond acceptors (Lipinski definition) is 3. The maximum absolute atomic E-state index is 5.69. The fourth-order valence-corrected chi connectivity index (χ4v) is 0.949. The van der Waals surface area contributed by atoms with Crippen LogP contribution in [-0.4, -0.2) is 16.7 Å². The average Bonchev–Trinajstić information content (AvgIpc) is 2.34. The molecule has 16 heavy (non-hydrogen) atoms. The lowest BCUT2D eigenvalue weighted by Crippen LogP contribution is -2.15. The van der Waals surface area contributed by atoms with Gasteiger partial charge in [0.05, 0.1) is 0 Å². The van der Waals surface area contributed by atoms with Crippen molar-refractivity contribution >= 4 is 11.7 Å². The number of nitrogens with zero attached hydrogens (tertiary/aromatic N) is 3. The second-order valence-electron chi connectivity index (χ2n) is 3.02. The second kappa shape index (κ2) is 6.19. The van der Waals surface area contributed by atoms with Crippen LogP contribution in [0.15, 0.2) is 34.7 Å². The lowest BCUT2D eigenvalue weighted by Gasteiger charge is -1.97. The van der Waals surface area contributed by atoms with E-state index in [9.17, 15) is 0 Å². The SMILES string of the molecule is C#CCC/C(N)=N/N=C(\N)c1ccncc1. The largest absolute Gasteiger partial charge is 0.386 e. The summed E-state index contributed by atoms with van der Waals surface area (Å²) >= 11 is 0. The summed E-state index contributed by atoms with van der Waals surface area (Å²) in [5, 5.41) is 7.59. The van der Waals surface area contributed by atoms with Gasteiger partial charge in [0.25, 0.3) is 0 Å². The predicted octanol–water partition coefficient (Wildman–Crippen LogP) is 0.472. The molecule has 82 valence electrons. The molecule has 1 rings (SSSR count). The van der Waals surface area contributed by atoms with Gasteiger partial charge >= 0.3 is 0 Å². The van der Waals surface area contributed by atoms with Crippen molar-refractivity contribution in [1.29, 1.82) is 0 Å². The first-order valence-electron chi connectivity index (χ1n) is 4.73. The zero-order chi connectivity index (χ0) is 11.8. The maximum Gasteiger partial charge on any atom is 0.153 e. The van der Waals surface area contributed by atoms with Gasteiger partial charge in [0.15, 0.2) is 5.84 Å². The lowest BCUT2D eigenvalue weighted by molar-refractivity contribution is 1.07. The van der Waals surface area contributed by atoms with Gasteiger partial charge in [0, 0.05) is 30.8 Å². The number of aromatic nitrogens is 1. The fourth-order valence-electron chi connectivity index (χ4n) is 0.949. The molecule has 1 heterocycles. The highest BCUT2D eigenvalue weighted by Crippen LogP contribution is 1.96. The van der Waals surface area contributed by atoms with Gasteiger partial charge in [0.1, 0.15) is 5.84 Å². The van der Waals surface area contributed by atoms with Gasteiger partial charge in [-0.15, -0.1) is 22.5 Å². The van der Waals surface area contributed by atoms with Crippen LogP contribution in [0, 0.1) is 12.3 Å². The van der Waals surface area contributed by atoms with Gasteiger partial charge in [0.2, 0.25) is 0 Å². The van der Waals surface area contributed by atoms with E-state index in [4.69, 9.17) is 17.9 Å². The van der Waals surface area contributed by atoms with Crippen LogP contribution in [0.4, 0.5) is 0 Å². The van der Waals surface area contributed by atoms with E-state index in [2.05, 4.69) is 21.1 Å². The van der Waals surface area contributed by atoms with Crippen LogP contribution < -0.4 is 11.5 Å². The molecule has 0 aromatic carbocycles. The minimum absolute atomic E-state index is 0.297. The van der Waals surface area contributed by atoms with E-state index in [-0.39, 0.29) is 0 Å². The molecule has 0 saturated heterocycles. The Morgan fingerprint density at radius 1 is 1.31 bits per heavy atom. The zero-order valence-electron chi connectivity index (χ0n) is 8.80. The number of nitrogens with two attached hydrogens (primary N) is 2. The number of hydrogen-bond donors (Lipinski definition) is 2. The third-order valence-electron chi connectivity index (χ3n) is 1.79. The van der Waals surface area contributed by atoms with Crippen molar-refractivity contribution in [3.63, 3.8) is 0 Å². The van der Waals surface area contributed by atoms with Crippen molar-refractivity contribution in [2.75, 3.05) is 0 Å². The topological polar surface area (TPSA) is 89.6 Å². The summed E-state index contributed by atoms with van der Waals surface area (Å²) in [5.74, 6) is 3.14. The van der Waals surface area contributed by atoms with Crippen molar-refractivity contribution in [3.05, 3.63) is 30.1 Å². The third-order valence-corrected chi connectivity index (χ3v) is 1.79. The van der Waals surface area contributed by atoms with Crippen molar-refractivity contribution < 1.29 is 0 Å². The summed E-state index contributed by atoms with van der Waals surface area (Å²) in [4.78, 5) is 3.87. The van der Waals surface area contributed by atoms with Crippen LogP contribution in [-0.2, 0) is 0 Å². The molecule has 4 N–H and O–H groups in total. The summed E-state index contributed by atoms with van der Waals surface area (Å²) in [6.07, 6.45) is 9.41. The first-order chi connectivity index (χ1) is 7.74. The van der Waals surface area contributed by atoms with E-state index in [1.54, 1.807) is 24.5 Å². The standard InChI is InChI=1S/C11H13N5/c1-2-3-4-10(12)15-16-11(13)9-5-7-14-8-6-9/h1,5-8H,3-4H2,(H2,12,15)(H2,13,16). The molecule has 0 bridgehead atoms. The smallest absolute Gasteiger partial charge is 0.153 e. The second-order valence-corrected chi connectivity index (χ2v) is 3.02. The minimum atomic E-state index is 0.297. The van der Waals surface area contributed by atoms with E-state index in [0.717, 1.165) is 5.56 Å². The summed E-state index contributed by atoms with van der Waals surface area (Å²) in [6, 6.07) is 3.48. The summed E-state index contributed by atoms with van der Waals surface area (Å²) in [5.41, 5.74) is 12.0. The Kier molecular flexibility index (Phi) is 4.54. The average molecular weight is 215 g/mol. The van der Waals surface area contributed by atoms with E-state index < -0.39 is 0 Å². The Morgan fingerprint density at radius 2 is 2.00 bits per heavy atom. The van der Waals surface area contributed by atoms with Gasteiger partial charge < -0.3 is 11.5 Å². The molecule has 1 aromatic heterocycles. The van der Waals surface area contributed by atoms with Crippen molar-refractivity contribution in [1.82, 2.24) is 4.98 Å². The molecule has 0 atom stereocenters.